The molecule has 12 heavy (non-hydrogen) atoms. The lowest BCUT2D eigenvalue weighted by molar-refractivity contribution is 0.783. The third kappa shape index (κ3) is 2.36. The summed E-state index contributed by atoms with van der Waals surface area (Å²) in [5, 5.41) is 19.9. The van der Waals surface area contributed by atoms with Gasteiger partial charge in [0, 0.05) is 6.54 Å². The molecule has 0 spiro atoms. The number of nitrogens with zero attached hydrogens (tertiary/aromatic N) is 3. The molecule has 0 aliphatic rings. The summed E-state index contributed by atoms with van der Waals surface area (Å²) in [6.07, 6.45) is 0. The number of nitrogens with one attached hydrogen (secondary N) is 1. The van der Waals surface area contributed by atoms with Gasteiger partial charge in [-0.15, -0.1) is 10.2 Å². The average molecular weight is 183 g/mol. The van der Waals surface area contributed by atoms with Gasteiger partial charge in [-0.05, 0) is 6.92 Å². The molecule has 6 heteroatoms. The number of nitriles is 1. The summed E-state index contributed by atoms with van der Waals surface area (Å²) in [6.45, 7) is 2.41. The molecule has 1 atom stereocenters. The van der Waals surface area contributed by atoms with Crippen molar-refractivity contribution in [1.82, 2.24) is 10.2 Å². The zero-order valence-corrected chi connectivity index (χ0v) is 7.43. The molecule has 0 aliphatic carbocycles. The van der Waals surface area contributed by atoms with Crippen LogP contribution in [0.2, 0.25) is 0 Å². The second kappa shape index (κ2) is 3.88. The maximum Gasteiger partial charge on any atom is 0.207 e. The van der Waals surface area contributed by atoms with E-state index in [1.807, 2.05) is 6.92 Å². The van der Waals surface area contributed by atoms with Crippen LogP contribution in [0.4, 0.5) is 10.3 Å². The number of aromatic nitrogens is 2. The number of hydrogen-bond acceptors (Lipinski definition) is 6. The molecule has 0 amide bonds. The fourth-order valence-electron chi connectivity index (χ4n) is 0.592. The second-order valence-electron chi connectivity index (χ2n) is 2.36. The summed E-state index contributed by atoms with van der Waals surface area (Å²) in [5.74, 6) is -0.0323. The highest BCUT2D eigenvalue weighted by Gasteiger charge is 2.02. The molecule has 0 aliphatic heterocycles. The van der Waals surface area contributed by atoms with Crippen molar-refractivity contribution in [3.8, 4) is 6.07 Å². The van der Waals surface area contributed by atoms with Gasteiger partial charge in [-0.25, -0.2) is 0 Å². The third-order valence-corrected chi connectivity index (χ3v) is 1.93. The Morgan fingerprint density at radius 2 is 2.50 bits per heavy atom. The zero-order valence-electron chi connectivity index (χ0n) is 6.61. The largest absolute Gasteiger partial charge is 0.374 e. The quantitative estimate of drug-likeness (QED) is 0.719. The SMILES string of the molecule is CC(C#N)CNc1nnc(N)s1. The molecule has 0 saturated heterocycles. The molecular weight excluding hydrogens is 174 g/mol. The Morgan fingerprint density at radius 3 is 3.00 bits per heavy atom. The zero-order chi connectivity index (χ0) is 8.97. The monoisotopic (exact) mass is 183 g/mol. The molecule has 0 radical (unpaired) electrons. The first-order valence-electron chi connectivity index (χ1n) is 3.45. The number of nitrogens with two attached hydrogens (primary N) is 1. The van der Waals surface area contributed by atoms with Crippen LogP contribution < -0.4 is 11.1 Å². The van der Waals surface area contributed by atoms with Gasteiger partial charge in [0.05, 0.1) is 12.0 Å². The van der Waals surface area contributed by atoms with E-state index in [2.05, 4.69) is 21.6 Å². The lowest BCUT2D eigenvalue weighted by Gasteiger charge is -2.01. The first-order chi connectivity index (χ1) is 5.72. The Labute approximate surface area is 74.2 Å². The number of nitrogen functional groups attached to an aromatic ring is 1. The van der Waals surface area contributed by atoms with E-state index >= 15 is 0 Å². The summed E-state index contributed by atoms with van der Waals surface area (Å²) in [4.78, 5) is 0. The van der Waals surface area contributed by atoms with Gasteiger partial charge in [0.15, 0.2) is 0 Å². The van der Waals surface area contributed by atoms with E-state index < -0.39 is 0 Å². The fourth-order valence-corrected chi connectivity index (χ4v) is 1.11. The molecule has 1 heterocycles. The van der Waals surface area contributed by atoms with Gasteiger partial charge in [0.25, 0.3) is 0 Å². The molecule has 1 rings (SSSR count). The number of anilines is 2. The molecule has 0 aromatic carbocycles. The summed E-state index contributed by atoms with van der Waals surface area (Å²) >= 11 is 1.28. The minimum atomic E-state index is -0.0323. The van der Waals surface area contributed by atoms with Crippen molar-refractivity contribution in [3.63, 3.8) is 0 Å². The van der Waals surface area contributed by atoms with E-state index in [-0.39, 0.29) is 5.92 Å². The van der Waals surface area contributed by atoms with Crippen LogP contribution in [-0.2, 0) is 0 Å². The van der Waals surface area contributed by atoms with E-state index in [1.165, 1.54) is 11.3 Å². The number of rotatable bonds is 3. The molecule has 0 fully saturated rings. The van der Waals surface area contributed by atoms with Crippen LogP contribution >= 0.6 is 11.3 Å². The molecule has 0 bridgehead atoms. The van der Waals surface area contributed by atoms with Crippen LogP contribution in [0.1, 0.15) is 6.92 Å². The van der Waals surface area contributed by atoms with Crippen molar-refractivity contribution in [1.29, 1.82) is 5.26 Å². The van der Waals surface area contributed by atoms with E-state index in [0.29, 0.717) is 16.8 Å². The van der Waals surface area contributed by atoms with Gasteiger partial charge in [0.1, 0.15) is 0 Å². The van der Waals surface area contributed by atoms with Gasteiger partial charge in [0.2, 0.25) is 10.3 Å². The molecule has 5 nitrogen and oxygen atoms in total. The minimum absolute atomic E-state index is 0.0323. The van der Waals surface area contributed by atoms with E-state index in [4.69, 9.17) is 11.0 Å². The highest BCUT2D eigenvalue weighted by Crippen LogP contribution is 2.16. The molecule has 1 unspecified atom stereocenters. The molecular formula is C6H9N5S. The number of hydrogen-bond donors (Lipinski definition) is 2. The van der Waals surface area contributed by atoms with Crippen molar-refractivity contribution >= 4 is 21.6 Å². The maximum absolute atomic E-state index is 8.47. The molecule has 3 N–H and O–H groups in total. The third-order valence-electron chi connectivity index (χ3n) is 1.22. The van der Waals surface area contributed by atoms with E-state index in [0.717, 1.165) is 0 Å². The summed E-state index contributed by atoms with van der Waals surface area (Å²) in [5.41, 5.74) is 5.36. The van der Waals surface area contributed by atoms with Gasteiger partial charge in [-0.2, -0.15) is 5.26 Å². The second-order valence-corrected chi connectivity index (χ2v) is 3.37. The lowest BCUT2D eigenvalue weighted by atomic mass is 10.2. The first-order valence-corrected chi connectivity index (χ1v) is 4.26. The summed E-state index contributed by atoms with van der Waals surface area (Å²) < 4.78 is 0. The van der Waals surface area contributed by atoms with Crippen molar-refractivity contribution in [2.24, 2.45) is 5.92 Å². The predicted octanol–water partition coefficient (Wildman–Crippen LogP) is 0.692. The molecule has 1 aromatic heterocycles. The molecule has 64 valence electrons. The van der Waals surface area contributed by atoms with E-state index in [9.17, 15) is 0 Å². The van der Waals surface area contributed by atoms with Crippen molar-refractivity contribution in [3.05, 3.63) is 0 Å². The molecule has 1 aromatic rings. The van der Waals surface area contributed by atoms with E-state index in [1.54, 1.807) is 0 Å². The van der Waals surface area contributed by atoms with Crippen molar-refractivity contribution < 1.29 is 0 Å². The first kappa shape index (κ1) is 8.74. The normalized spacial score (nSPS) is 12.0. The Hall–Kier alpha value is -1.35. The highest BCUT2D eigenvalue weighted by molar-refractivity contribution is 7.18. The lowest BCUT2D eigenvalue weighted by Crippen LogP contribution is -2.08. The summed E-state index contributed by atoms with van der Waals surface area (Å²) in [7, 11) is 0. The molecule has 0 saturated carbocycles. The predicted molar refractivity (Wildman–Crippen MR) is 47.6 cm³/mol. The van der Waals surface area contributed by atoms with Crippen LogP contribution in [0, 0.1) is 17.2 Å². The minimum Gasteiger partial charge on any atom is -0.374 e. The Morgan fingerprint density at radius 1 is 1.75 bits per heavy atom. The van der Waals surface area contributed by atoms with Crippen molar-refractivity contribution in [2.75, 3.05) is 17.6 Å². The average Bonchev–Trinajstić information content (AvgIpc) is 2.47. The van der Waals surface area contributed by atoms with Gasteiger partial charge >= 0.3 is 0 Å². The highest BCUT2D eigenvalue weighted by atomic mass is 32.1. The van der Waals surface area contributed by atoms with Crippen LogP contribution in [0.25, 0.3) is 0 Å². The van der Waals surface area contributed by atoms with Gasteiger partial charge in [-0.1, -0.05) is 11.3 Å². The van der Waals surface area contributed by atoms with Crippen LogP contribution in [-0.4, -0.2) is 16.7 Å². The van der Waals surface area contributed by atoms with Gasteiger partial charge < -0.3 is 11.1 Å². The fraction of sp³-hybridized carbons (Fsp3) is 0.500. The van der Waals surface area contributed by atoms with Crippen LogP contribution in [0.3, 0.4) is 0 Å². The maximum atomic E-state index is 8.47. The summed E-state index contributed by atoms with van der Waals surface area (Å²) in [6, 6.07) is 2.10. The van der Waals surface area contributed by atoms with Gasteiger partial charge in [-0.3, -0.25) is 0 Å². The Kier molecular flexibility index (Phi) is 2.82. The Balaban J connectivity index is 2.39. The van der Waals surface area contributed by atoms with Crippen LogP contribution in [0.15, 0.2) is 0 Å². The Bertz CT molecular complexity index is 288. The van der Waals surface area contributed by atoms with Crippen LogP contribution in [0.5, 0.6) is 0 Å². The van der Waals surface area contributed by atoms with Crippen molar-refractivity contribution in [2.45, 2.75) is 6.92 Å². The standard InChI is InChI=1S/C6H9N5S/c1-4(2-7)3-9-6-11-10-5(8)12-6/h4H,3H2,1H3,(H2,8,10)(H,9,11). The topological polar surface area (TPSA) is 87.6 Å². The smallest absolute Gasteiger partial charge is 0.207 e.